The van der Waals surface area contributed by atoms with Crippen LogP contribution in [0.5, 0.6) is 0 Å². The van der Waals surface area contributed by atoms with E-state index in [-0.39, 0.29) is 5.43 Å². The Morgan fingerprint density at radius 1 is 1.27 bits per heavy atom. The molecule has 0 spiro atoms. The first-order chi connectivity index (χ1) is 7.31. The Balaban J connectivity index is 2.48. The minimum absolute atomic E-state index is 0.0175. The van der Waals surface area contributed by atoms with Crippen molar-refractivity contribution >= 4 is 11.0 Å². The molecule has 2 rings (SSSR count). The van der Waals surface area contributed by atoms with E-state index in [1.54, 1.807) is 12.1 Å². The Labute approximate surface area is 87.5 Å². The zero-order valence-electron chi connectivity index (χ0n) is 8.40. The molecule has 0 aliphatic rings. The lowest BCUT2D eigenvalue weighted by molar-refractivity contribution is 0.527. The molecule has 3 heteroatoms. The van der Waals surface area contributed by atoms with Crippen LogP contribution in [0.2, 0.25) is 0 Å². The van der Waals surface area contributed by atoms with Gasteiger partial charge in [-0.2, -0.15) is 0 Å². The number of hydrogen-bond acceptors (Lipinski definition) is 3. The van der Waals surface area contributed by atoms with E-state index in [1.165, 1.54) is 0 Å². The lowest BCUT2D eigenvalue weighted by Gasteiger charge is -2.01. The molecule has 1 aromatic heterocycles. The maximum absolute atomic E-state index is 11.7. The van der Waals surface area contributed by atoms with Crippen molar-refractivity contribution in [1.82, 2.24) is 0 Å². The van der Waals surface area contributed by atoms with Crippen LogP contribution in [0, 0.1) is 0 Å². The van der Waals surface area contributed by atoms with E-state index in [4.69, 9.17) is 10.2 Å². The highest BCUT2D eigenvalue weighted by atomic mass is 16.3. The van der Waals surface area contributed by atoms with Gasteiger partial charge in [-0.15, -0.1) is 0 Å². The predicted octanol–water partition coefficient (Wildman–Crippen LogP) is 1.68. The zero-order valence-corrected chi connectivity index (χ0v) is 8.40. The predicted molar refractivity (Wildman–Crippen MR) is 59.9 cm³/mol. The second-order valence-electron chi connectivity index (χ2n) is 3.47. The Morgan fingerprint density at radius 3 is 2.87 bits per heavy atom. The number of rotatable bonds is 3. The molecule has 3 nitrogen and oxygen atoms in total. The van der Waals surface area contributed by atoms with Crippen molar-refractivity contribution in [2.75, 3.05) is 6.54 Å². The minimum atomic E-state index is 0.0175. The van der Waals surface area contributed by atoms with Gasteiger partial charge in [0.2, 0.25) is 0 Å². The van der Waals surface area contributed by atoms with Crippen LogP contribution < -0.4 is 11.2 Å². The summed E-state index contributed by atoms with van der Waals surface area (Å²) >= 11 is 0. The molecular weight excluding hydrogens is 190 g/mol. The van der Waals surface area contributed by atoms with Crippen LogP contribution >= 0.6 is 0 Å². The van der Waals surface area contributed by atoms with Gasteiger partial charge in [0.15, 0.2) is 5.43 Å². The number of hydrogen-bond donors (Lipinski definition) is 1. The van der Waals surface area contributed by atoms with E-state index in [1.807, 2.05) is 18.2 Å². The number of para-hydroxylation sites is 1. The van der Waals surface area contributed by atoms with Crippen LogP contribution in [-0.4, -0.2) is 6.54 Å². The third-order valence-electron chi connectivity index (χ3n) is 2.31. The standard InChI is InChI=1S/C12H13NO2/c13-7-3-4-9-8-11(14)10-5-1-2-6-12(10)15-9/h1-2,5-6,8H,3-4,7,13H2. The first-order valence-electron chi connectivity index (χ1n) is 5.03. The topological polar surface area (TPSA) is 56.2 Å². The van der Waals surface area contributed by atoms with Crippen molar-refractivity contribution in [1.29, 1.82) is 0 Å². The summed E-state index contributed by atoms with van der Waals surface area (Å²) in [5, 5.41) is 0.633. The summed E-state index contributed by atoms with van der Waals surface area (Å²) in [6, 6.07) is 8.82. The Kier molecular flexibility index (Phi) is 2.83. The van der Waals surface area contributed by atoms with Crippen LogP contribution in [0.1, 0.15) is 12.2 Å². The summed E-state index contributed by atoms with van der Waals surface area (Å²) in [5.41, 5.74) is 6.07. The molecule has 0 saturated heterocycles. The monoisotopic (exact) mass is 203 g/mol. The molecule has 0 amide bonds. The summed E-state index contributed by atoms with van der Waals surface area (Å²) in [6.45, 7) is 0.608. The molecule has 15 heavy (non-hydrogen) atoms. The first kappa shape index (κ1) is 9.93. The average molecular weight is 203 g/mol. The van der Waals surface area contributed by atoms with Crippen LogP contribution in [0.15, 0.2) is 39.5 Å². The van der Waals surface area contributed by atoms with Crippen molar-refractivity contribution in [2.24, 2.45) is 5.73 Å². The third kappa shape index (κ3) is 2.07. The number of nitrogens with two attached hydrogens (primary N) is 1. The lowest BCUT2D eigenvalue weighted by Crippen LogP contribution is -2.04. The SMILES string of the molecule is NCCCc1cc(=O)c2ccccc2o1. The normalized spacial score (nSPS) is 10.7. The van der Waals surface area contributed by atoms with E-state index >= 15 is 0 Å². The molecule has 0 fully saturated rings. The van der Waals surface area contributed by atoms with Gasteiger partial charge in [-0.3, -0.25) is 4.79 Å². The summed E-state index contributed by atoms with van der Waals surface area (Å²) in [5.74, 6) is 0.712. The fraction of sp³-hybridized carbons (Fsp3) is 0.250. The van der Waals surface area contributed by atoms with Crippen molar-refractivity contribution in [3.8, 4) is 0 Å². The van der Waals surface area contributed by atoms with Gasteiger partial charge in [0, 0.05) is 12.5 Å². The van der Waals surface area contributed by atoms with Gasteiger partial charge < -0.3 is 10.2 Å². The van der Waals surface area contributed by atoms with Crippen molar-refractivity contribution in [3.63, 3.8) is 0 Å². The fourth-order valence-electron chi connectivity index (χ4n) is 1.55. The van der Waals surface area contributed by atoms with Gasteiger partial charge in [0.25, 0.3) is 0 Å². The Hall–Kier alpha value is -1.61. The Morgan fingerprint density at radius 2 is 2.07 bits per heavy atom. The number of aryl methyl sites for hydroxylation is 1. The molecule has 0 aliphatic heterocycles. The van der Waals surface area contributed by atoms with Gasteiger partial charge in [-0.25, -0.2) is 0 Å². The molecular formula is C12H13NO2. The molecule has 0 aliphatic carbocycles. The summed E-state index contributed by atoms with van der Waals surface area (Å²) in [7, 11) is 0. The molecule has 0 bridgehead atoms. The van der Waals surface area contributed by atoms with E-state index in [0.717, 1.165) is 12.8 Å². The van der Waals surface area contributed by atoms with E-state index in [2.05, 4.69) is 0 Å². The van der Waals surface area contributed by atoms with Crippen LogP contribution in [0.25, 0.3) is 11.0 Å². The highest BCUT2D eigenvalue weighted by Crippen LogP contribution is 2.12. The quantitative estimate of drug-likeness (QED) is 0.825. The van der Waals surface area contributed by atoms with E-state index in [9.17, 15) is 4.79 Å². The molecule has 2 aromatic rings. The maximum atomic E-state index is 11.7. The van der Waals surface area contributed by atoms with Gasteiger partial charge in [-0.1, -0.05) is 12.1 Å². The summed E-state index contributed by atoms with van der Waals surface area (Å²) < 4.78 is 5.59. The minimum Gasteiger partial charge on any atom is -0.461 e. The molecule has 1 heterocycles. The second-order valence-corrected chi connectivity index (χ2v) is 3.47. The summed E-state index contributed by atoms with van der Waals surface area (Å²) in [4.78, 5) is 11.7. The summed E-state index contributed by atoms with van der Waals surface area (Å²) in [6.07, 6.45) is 1.55. The molecule has 78 valence electrons. The van der Waals surface area contributed by atoms with Gasteiger partial charge in [0.1, 0.15) is 11.3 Å². The lowest BCUT2D eigenvalue weighted by atomic mass is 10.2. The van der Waals surface area contributed by atoms with Crippen molar-refractivity contribution in [3.05, 3.63) is 46.3 Å². The zero-order chi connectivity index (χ0) is 10.7. The number of fused-ring (bicyclic) bond motifs is 1. The fourth-order valence-corrected chi connectivity index (χ4v) is 1.55. The molecule has 1 aromatic carbocycles. The molecule has 0 atom stereocenters. The van der Waals surface area contributed by atoms with Crippen molar-refractivity contribution in [2.45, 2.75) is 12.8 Å². The molecule has 2 N–H and O–H groups in total. The molecule has 0 radical (unpaired) electrons. The highest BCUT2D eigenvalue weighted by molar-refractivity contribution is 5.76. The smallest absolute Gasteiger partial charge is 0.192 e. The molecule has 0 saturated carbocycles. The average Bonchev–Trinajstić information content (AvgIpc) is 2.26. The first-order valence-corrected chi connectivity index (χ1v) is 5.03. The molecule has 0 unspecified atom stereocenters. The second kappa shape index (κ2) is 4.28. The van der Waals surface area contributed by atoms with Gasteiger partial charge >= 0.3 is 0 Å². The van der Waals surface area contributed by atoms with Crippen LogP contribution in [-0.2, 0) is 6.42 Å². The number of benzene rings is 1. The Bertz CT molecular complexity index is 516. The maximum Gasteiger partial charge on any atom is 0.192 e. The highest BCUT2D eigenvalue weighted by Gasteiger charge is 2.02. The largest absolute Gasteiger partial charge is 0.461 e. The third-order valence-corrected chi connectivity index (χ3v) is 2.31. The van der Waals surface area contributed by atoms with E-state index < -0.39 is 0 Å². The van der Waals surface area contributed by atoms with Gasteiger partial charge in [-0.05, 0) is 25.1 Å². The van der Waals surface area contributed by atoms with Gasteiger partial charge in [0.05, 0.1) is 5.39 Å². The van der Waals surface area contributed by atoms with Crippen molar-refractivity contribution < 1.29 is 4.42 Å². The van der Waals surface area contributed by atoms with Crippen LogP contribution in [0.4, 0.5) is 0 Å². The van der Waals surface area contributed by atoms with E-state index in [0.29, 0.717) is 23.3 Å². The van der Waals surface area contributed by atoms with Crippen LogP contribution in [0.3, 0.4) is 0 Å².